The molecule has 25 heavy (non-hydrogen) atoms. The lowest BCUT2D eigenvalue weighted by atomic mass is 9.77. The van der Waals surface area contributed by atoms with Gasteiger partial charge in [0.25, 0.3) is 5.69 Å². The number of hydrogen-bond donors (Lipinski definition) is 2. The minimum atomic E-state index is -0.445. The summed E-state index contributed by atoms with van der Waals surface area (Å²) in [5.74, 6) is -0.141. The molecule has 7 nitrogen and oxygen atoms in total. The number of amides is 1. The molecule has 1 aromatic rings. The Balaban J connectivity index is 1.84. The molecule has 0 aromatic heterocycles. The zero-order valence-electron chi connectivity index (χ0n) is 15.0. The maximum Gasteiger partial charge on any atom is 0.274 e. The fourth-order valence-electron chi connectivity index (χ4n) is 3.30. The third kappa shape index (κ3) is 4.76. The quantitative estimate of drug-likeness (QED) is 0.583. The molecule has 1 aliphatic rings. The lowest BCUT2D eigenvalue weighted by Gasteiger charge is -2.40. The van der Waals surface area contributed by atoms with E-state index in [1.54, 1.807) is 19.1 Å². The van der Waals surface area contributed by atoms with Crippen LogP contribution in [0.25, 0.3) is 0 Å². The first-order chi connectivity index (χ1) is 11.9. The predicted octanol–water partition coefficient (Wildman–Crippen LogP) is 2.72. The third-order valence-corrected chi connectivity index (χ3v) is 5.43. The Kier molecular flexibility index (Phi) is 6.50. The van der Waals surface area contributed by atoms with E-state index in [9.17, 15) is 20.0 Å². The van der Waals surface area contributed by atoms with Crippen molar-refractivity contribution in [3.05, 3.63) is 33.9 Å². The minimum absolute atomic E-state index is 0.00809. The number of aliphatic hydroxyl groups is 1. The van der Waals surface area contributed by atoms with E-state index in [1.165, 1.54) is 6.07 Å². The highest BCUT2D eigenvalue weighted by atomic mass is 16.6. The van der Waals surface area contributed by atoms with Gasteiger partial charge < -0.3 is 15.3 Å². The topological polar surface area (TPSA) is 95.7 Å². The largest absolute Gasteiger partial charge is 0.396 e. The van der Waals surface area contributed by atoms with Gasteiger partial charge in [0, 0.05) is 25.6 Å². The first-order valence-electron chi connectivity index (χ1n) is 8.78. The number of nitro groups is 1. The van der Waals surface area contributed by atoms with Gasteiger partial charge in [-0.25, -0.2) is 0 Å². The second-order valence-electron chi connectivity index (χ2n) is 6.86. The number of carbonyl (C=O) groups is 1. The molecular formula is C18H27N3O4. The summed E-state index contributed by atoms with van der Waals surface area (Å²) >= 11 is 0. The van der Waals surface area contributed by atoms with Crippen molar-refractivity contribution in [2.45, 2.75) is 39.5 Å². The van der Waals surface area contributed by atoms with Gasteiger partial charge >= 0.3 is 0 Å². The fraction of sp³-hybridized carbons (Fsp3) is 0.611. The first kappa shape index (κ1) is 19.3. The van der Waals surface area contributed by atoms with Crippen LogP contribution in [0.4, 0.5) is 11.4 Å². The van der Waals surface area contributed by atoms with Gasteiger partial charge in [-0.15, -0.1) is 0 Å². The summed E-state index contributed by atoms with van der Waals surface area (Å²) in [6.45, 7) is 6.41. The van der Waals surface area contributed by atoms with Crippen molar-refractivity contribution >= 4 is 17.3 Å². The van der Waals surface area contributed by atoms with Crippen molar-refractivity contribution < 1.29 is 14.8 Å². The van der Waals surface area contributed by atoms with Crippen LogP contribution in [-0.2, 0) is 4.79 Å². The number of nitrogens with zero attached hydrogens (tertiary/aromatic N) is 2. The van der Waals surface area contributed by atoms with Gasteiger partial charge in [0.2, 0.25) is 5.91 Å². The van der Waals surface area contributed by atoms with E-state index in [4.69, 9.17) is 0 Å². The standard InChI is InChI=1S/C18H27N3O4/c1-3-18(13-22)8-11-20(12-9-18)10-7-17(23)19-15-5-4-6-16(14(15)2)21(24)25/h4-6,22H,3,7-13H2,1-2H3,(H,19,23). The van der Waals surface area contributed by atoms with E-state index in [0.717, 1.165) is 32.4 Å². The molecular weight excluding hydrogens is 322 g/mol. The van der Waals surface area contributed by atoms with Crippen LogP contribution in [0.1, 0.15) is 38.2 Å². The van der Waals surface area contributed by atoms with Gasteiger partial charge in [-0.1, -0.05) is 13.0 Å². The van der Waals surface area contributed by atoms with Gasteiger partial charge in [0.15, 0.2) is 0 Å². The summed E-state index contributed by atoms with van der Waals surface area (Å²) in [5.41, 5.74) is 1.00. The Morgan fingerprint density at radius 2 is 2.08 bits per heavy atom. The summed E-state index contributed by atoms with van der Waals surface area (Å²) < 4.78 is 0. The highest BCUT2D eigenvalue weighted by Gasteiger charge is 2.32. The Bertz CT molecular complexity index is 619. The number of anilines is 1. The third-order valence-electron chi connectivity index (χ3n) is 5.43. The molecule has 1 aliphatic heterocycles. The lowest BCUT2D eigenvalue weighted by molar-refractivity contribution is -0.385. The average Bonchev–Trinajstić information content (AvgIpc) is 2.62. The average molecular weight is 349 g/mol. The number of benzene rings is 1. The Morgan fingerprint density at radius 3 is 2.64 bits per heavy atom. The Labute approximate surface area is 148 Å². The summed E-state index contributed by atoms with van der Waals surface area (Å²) in [4.78, 5) is 24.9. The maximum absolute atomic E-state index is 12.2. The SMILES string of the molecule is CCC1(CO)CCN(CCC(=O)Nc2cccc([N+](=O)[O-])c2C)CC1. The van der Waals surface area contributed by atoms with Gasteiger partial charge in [0.05, 0.1) is 16.2 Å². The van der Waals surface area contributed by atoms with Crippen molar-refractivity contribution in [3.8, 4) is 0 Å². The number of rotatable bonds is 7. The summed E-state index contributed by atoms with van der Waals surface area (Å²) in [5, 5.41) is 23.3. The van der Waals surface area contributed by atoms with Gasteiger partial charge in [0.1, 0.15) is 0 Å². The number of aliphatic hydroxyl groups excluding tert-OH is 1. The van der Waals surface area contributed by atoms with Crippen LogP contribution in [0, 0.1) is 22.5 Å². The molecule has 2 rings (SSSR count). The summed E-state index contributed by atoms with van der Waals surface area (Å²) in [6.07, 6.45) is 3.22. The number of carbonyl (C=O) groups excluding carboxylic acids is 1. The second kappa shape index (κ2) is 8.40. The monoisotopic (exact) mass is 349 g/mol. The fourth-order valence-corrected chi connectivity index (χ4v) is 3.30. The van der Waals surface area contributed by atoms with Gasteiger partial charge in [-0.2, -0.15) is 0 Å². The molecule has 1 amide bonds. The van der Waals surface area contributed by atoms with Crippen LogP contribution in [0.5, 0.6) is 0 Å². The highest BCUT2D eigenvalue weighted by Crippen LogP contribution is 2.34. The molecule has 1 heterocycles. The van der Waals surface area contributed by atoms with Crippen molar-refractivity contribution in [2.24, 2.45) is 5.41 Å². The molecule has 0 bridgehead atoms. The van der Waals surface area contributed by atoms with Crippen LogP contribution in [0.15, 0.2) is 18.2 Å². The number of nitrogens with one attached hydrogen (secondary N) is 1. The van der Waals surface area contributed by atoms with Crippen molar-refractivity contribution in [1.82, 2.24) is 4.90 Å². The molecule has 1 saturated heterocycles. The first-order valence-corrected chi connectivity index (χ1v) is 8.78. The van der Waals surface area contributed by atoms with Crippen molar-refractivity contribution in [2.75, 3.05) is 31.6 Å². The molecule has 1 fully saturated rings. The van der Waals surface area contributed by atoms with E-state index >= 15 is 0 Å². The minimum Gasteiger partial charge on any atom is -0.396 e. The molecule has 2 N–H and O–H groups in total. The molecule has 0 atom stereocenters. The van der Waals surface area contributed by atoms with E-state index in [-0.39, 0.29) is 23.6 Å². The Morgan fingerprint density at radius 1 is 1.40 bits per heavy atom. The van der Waals surface area contributed by atoms with Crippen LogP contribution in [0.2, 0.25) is 0 Å². The maximum atomic E-state index is 12.2. The summed E-state index contributed by atoms with van der Waals surface area (Å²) in [7, 11) is 0. The van der Waals surface area contributed by atoms with Gasteiger partial charge in [-0.05, 0) is 50.8 Å². The van der Waals surface area contributed by atoms with E-state index in [0.29, 0.717) is 24.2 Å². The molecule has 0 radical (unpaired) electrons. The number of piperidine rings is 1. The Hall–Kier alpha value is -1.99. The van der Waals surface area contributed by atoms with E-state index in [2.05, 4.69) is 17.1 Å². The predicted molar refractivity (Wildman–Crippen MR) is 96.6 cm³/mol. The van der Waals surface area contributed by atoms with E-state index < -0.39 is 4.92 Å². The van der Waals surface area contributed by atoms with Crippen molar-refractivity contribution in [3.63, 3.8) is 0 Å². The van der Waals surface area contributed by atoms with E-state index in [1.807, 2.05) is 0 Å². The van der Waals surface area contributed by atoms with Crippen molar-refractivity contribution in [1.29, 1.82) is 0 Å². The molecule has 0 aliphatic carbocycles. The summed E-state index contributed by atoms with van der Waals surface area (Å²) in [6, 6.07) is 4.68. The molecule has 138 valence electrons. The van der Waals surface area contributed by atoms with Gasteiger partial charge in [-0.3, -0.25) is 14.9 Å². The zero-order valence-corrected chi connectivity index (χ0v) is 15.0. The number of nitro benzene ring substituents is 1. The molecule has 0 spiro atoms. The zero-order chi connectivity index (χ0) is 18.4. The molecule has 1 aromatic carbocycles. The molecule has 0 unspecified atom stereocenters. The van der Waals surface area contributed by atoms with Crippen LogP contribution in [-0.4, -0.2) is 47.1 Å². The number of hydrogen-bond acceptors (Lipinski definition) is 5. The van der Waals surface area contributed by atoms with Crippen LogP contribution >= 0.6 is 0 Å². The molecule has 0 saturated carbocycles. The smallest absolute Gasteiger partial charge is 0.274 e. The van der Waals surface area contributed by atoms with Crippen LogP contribution in [0.3, 0.4) is 0 Å². The second-order valence-corrected chi connectivity index (χ2v) is 6.86. The van der Waals surface area contributed by atoms with Crippen LogP contribution < -0.4 is 5.32 Å². The lowest BCUT2D eigenvalue weighted by Crippen LogP contribution is -2.42. The number of likely N-dealkylation sites (tertiary alicyclic amines) is 1. The normalized spacial score (nSPS) is 17.2. The highest BCUT2D eigenvalue weighted by molar-refractivity contribution is 5.92. The molecule has 7 heteroatoms.